The molecule has 0 heterocycles. The lowest BCUT2D eigenvalue weighted by Crippen LogP contribution is -2.27. The zero-order valence-electron chi connectivity index (χ0n) is 10.1. The van der Waals surface area contributed by atoms with Gasteiger partial charge in [0.2, 0.25) is 0 Å². The minimum atomic E-state index is -0.677. The molecule has 0 saturated carbocycles. The van der Waals surface area contributed by atoms with Gasteiger partial charge in [0.25, 0.3) is 5.91 Å². The molecule has 2 aromatic carbocycles. The van der Waals surface area contributed by atoms with Crippen LogP contribution in [-0.4, -0.2) is 11.9 Å². The molecule has 0 aromatic heterocycles. The molecular formula is C14H9Cl2NO3. The van der Waals surface area contributed by atoms with Gasteiger partial charge in [0, 0.05) is 15.6 Å². The Morgan fingerprint density at radius 2 is 1.25 bits per heavy atom. The van der Waals surface area contributed by atoms with Gasteiger partial charge in [-0.05, 0) is 48.5 Å². The Labute approximate surface area is 125 Å². The summed E-state index contributed by atoms with van der Waals surface area (Å²) in [5.74, 6) is -1.21. The number of hydroxylamine groups is 1. The van der Waals surface area contributed by atoms with Gasteiger partial charge in [0.1, 0.15) is 0 Å². The first-order chi connectivity index (χ1) is 9.56. The maximum atomic E-state index is 11.7. The van der Waals surface area contributed by atoms with E-state index in [-0.39, 0.29) is 5.56 Å². The molecule has 20 heavy (non-hydrogen) atoms. The summed E-state index contributed by atoms with van der Waals surface area (Å²) in [6.07, 6.45) is 0. The van der Waals surface area contributed by atoms with Gasteiger partial charge in [-0.25, -0.2) is 4.79 Å². The number of carbonyl (C=O) groups excluding carboxylic acids is 2. The molecule has 0 saturated heterocycles. The molecular weight excluding hydrogens is 301 g/mol. The van der Waals surface area contributed by atoms with E-state index < -0.39 is 11.9 Å². The molecule has 0 bridgehead atoms. The summed E-state index contributed by atoms with van der Waals surface area (Å²) in [4.78, 5) is 28.0. The van der Waals surface area contributed by atoms with E-state index in [1.165, 1.54) is 24.3 Å². The van der Waals surface area contributed by atoms with Crippen molar-refractivity contribution in [2.45, 2.75) is 0 Å². The summed E-state index contributed by atoms with van der Waals surface area (Å²) in [7, 11) is 0. The lowest BCUT2D eigenvalue weighted by molar-refractivity contribution is 0.0230. The van der Waals surface area contributed by atoms with Gasteiger partial charge in [-0.2, -0.15) is 5.48 Å². The molecule has 0 aliphatic heterocycles. The van der Waals surface area contributed by atoms with Crippen LogP contribution < -0.4 is 5.48 Å². The average Bonchev–Trinajstić information content (AvgIpc) is 2.46. The van der Waals surface area contributed by atoms with E-state index in [1.807, 2.05) is 0 Å². The Kier molecular flexibility index (Phi) is 4.61. The van der Waals surface area contributed by atoms with Crippen molar-refractivity contribution in [2.24, 2.45) is 0 Å². The van der Waals surface area contributed by atoms with E-state index in [1.54, 1.807) is 24.3 Å². The van der Waals surface area contributed by atoms with Crippen LogP contribution in [0.2, 0.25) is 10.0 Å². The highest BCUT2D eigenvalue weighted by Crippen LogP contribution is 2.11. The highest BCUT2D eigenvalue weighted by molar-refractivity contribution is 6.31. The van der Waals surface area contributed by atoms with Crippen LogP contribution in [0.25, 0.3) is 0 Å². The van der Waals surface area contributed by atoms with Gasteiger partial charge in [-0.1, -0.05) is 23.2 Å². The van der Waals surface area contributed by atoms with Crippen LogP contribution in [-0.2, 0) is 4.84 Å². The zero-order chi connectivity index (χ0) is 14.5. The first-order valence-electron chi connectivity index (χ1n) is 5.59. The van der Waals surface area contributed by atoms with Gasteiger partial charge >= 0.3 is 5.97 Å². The molecule has 6 heteroatoms. The van der Waals surface area contributed by atoms with Crippen LogP contribution >= 0.6 is 23.2 Å². The third-order valence-corrected chi connectivity index (χ3v) is 2.93. The predicted molar refractivity (Wildman–Crippen MR) is 75.8 cm³/mol. The van der Waals surface area contributed by atoms with Crippen LogP contribution in [0.15, 0.2) is 48.5 Å². The Hall–Kier alpha value is -2.04. The topological polar surface area (TPSA) is 55.4 Å². The maximum Gasteiger partial charge on any atom is 0.362 e. The second-order valence-corrected chi connectivity index (χ2v) is 4.71. The fraction of sp³-hybridized carbons (Fsp3) is 0. The second-order valence-electron chi connectivity index (χ2n) is 3.83. The normalized spacial score (nSPS) is 9.90. The molecule has 2 rings (SSSR count). The number of halogens is 2. The first kappa shape index (κ1) is 14.4. The Morgan fingerprint density at radius 1 is 0.800 bits per heavy atom. The van der Waals surface area contributed by atoms with E-state index in [4.69, 9.17) is 28.0 Å². The fourth-order valence-electron chi connectivity index (χ4n) is 1.40. The minimum absolute atomic E-state index is 0.283. The number of hydrogen-bond donors (Lipinski definition) is 1. The Morgan fingerprint density at radius 3 is 1.75 bits per heavy atom. The maximum absolute atomic E-state index is 11.7. The van der Waals surface area contributed by atoms with Crippen molar-refractivity contribution in [3.05, 3.63) is 69.7 Å². The van der Waals surface area contributed by atoms with Crippen LogP contribution in [0, 0.1) is 0 Å². The van der Waals surface area contributed by atoms with Gasteiger partial charge in [0.15, 0.2) is 0 Å². The monoisotopic (exact) mass is 309 g/mol. The molecule has 0 aliphatic carbocycles. The zero-order valence-corrected chi connectivity index (χ0v) is 11.6. The number of rotatable bonds is 2. The van der Waals surface area contributed by atoms with Crippen molar-refractivity contribution in [3.63, 3.8) is 0 Å². The van der Waals surface area contributed by atoms with Crippen molar-refractivity contribution in [3.8, 4) is 0 Å². The lowest BCUT2D eigenvalue weighted by atomic mass is 10.2. The van der Waals surface area contributed by atoms with Gasteiger partial charge < -0.3 is 4.84 Å². The second kappa shape index (κ2) is 6.41. The molecule has 0 fully saturated rings. The van der Waals surface area contributed by atoms with Crippen molar-refractivity contribution < 1.29 is 14.4 Å². The SMILES string of the molecule is O=C(NOC(=O)c1ccc(Cl)cc1)c1ccc(Cl)cc1. The third kappa shape index (κ3) is 3.73. The van der Waals surface area contributed by atoms with Crippen molar-refractivity contribution in [1.82, 2.24) is 5.48 Å². The summed E-state index contributed by atoms with van der Waals surface area (Å²) in [5.41, 5.74) is 2.68. The minimum Gasteiger partial charge on any atom is -0.335 e. The molecule has 1 N–H and O–H groups in total. The van der Waals surface area contributed by atoms with Crippen molar-refractivity contribution in [2.75, 3.05) is 0 Å². The highest BCUT2D eigenvalue weighted by atomic mass is 35.5. The third-order valence-electron chi connectivity index (χ3n) is 2.42. The molecule has 102 valence electrons. The van der Waals surface area contributed by atoms with Crippen molar-refractivity contribution >= 4 is 35.1 Å². The largest absolute Gasteiger partial charge is 0.362 e. The molecule has 4 nitrogen and oxygen atoms in total. The average molecular weight is 310 g/mol. The summed E-state index contributed by atoms with van der Waals surface area (Å²) in [5, 5.41) is 1.02. The van der Waals surface area contributed by atoms with E-state index in [0.717, 1.165) is 0 Å². The number of benzene rings is 2. The molecule has 0 aliphatic rings. The molecule has 2 aromatic rings. The summed E-state index contributed by atoms with van der Waals surface area (Å²) in [6.45, 7) is 0. The quantitative estimate of drug-likeness (QED) is 0.864. The number of hydrogen-bond acceptors (Lipinski definition) is 3. The number of carbonyl (C=O) groups is 2. The summed E-state index contributed by atoms with van der Waals surface area (Å²) in [6, 6.07) is 12.3. The Bertz CT molecular complexity index is 566. The predicted octanol–water partition coefficient (Wildman–Crippen LogP) is 3.50. The van der Waals surface area contributed by atoms with E-state index in [0.29, 0.717) is 15.6 Å². The lowest BCUT2D eigenvalue weighted by Gasteiger charge is -2.05. The van der Waals surface area contributed by atoms with E-state index in [2.05, 4.69) is 5.48 Å². The summed E-state index contributed by atoms with van der Waals surface area (Å²) >= 11 is 11.4. The molecule has 0 unspecified atom stereocenters. The van der Waals surface area contributed by atoms with E-state index in [9.17, 15) is 9.59 Å². The van der Waals surface area contributed by atoms with E-state index >= 15 is 0 Å². The van der Waals surface area contributed by atoms with Gasteiger partial charge in [-0.15, -0.1) is 0 Å². The molecule has 0 atom stereocenters. The van der Waals surface area contributed by atoms with Gasteiger partial charge in [0.05, 0.1) is 5.56 Å². The van der Waals surface area contributed by atoms with Gasteiger partial charge in [-0.3, -0.25) is 4.79 Å². The standard InChI is InChI=1S/C14H9Cl2NO3/c15-11-5-1-9(2-6-11)13(18)17-20-14(19)10-3-7-12(16)8-4-10/h1-8H,(H,17,18). The smallest absolute Gasteiger partial charge is 0.335 e. The van der Waals surface area contributed by atoms with Crippen LogP contribution in [0.5, 0.6) is 0 Å². The van der Waals surface area contributed by atoms with Crippen LogP contribution in [0.3, 0.4) is 0 Å². The van der Waals surface area contributed by atoms with Crippen molar-refractivity contribution in [1.29, 1.82) is 0 Å². The summed E-state index contributed by atoms with van der Waals surface area (Å²) < 4.78 is 0. The molecule has 0 spiro atoms. The highest BCUT2D eigenvalue weighted by Gasteiger charge is 2.11. The first-order valence-corrected chi connectivity index (χ1v) is 6.34. The fourth-order valence-corrected chi connectivity index (χ4v) is 1.65. The number of amides is 1. The molecule has 1 amide bonds. The van der Waals surface area contributed by atoms with Crippen LogP contribution in [0.1, 0.15) is 20.7 Å². The van der Waals surface area contributed by atoms with Crippen LogP contribution in [0.4, 0.5) is 0 Å². The molecule has 0 radical (unpaired) electrons. The number of nitrogens with one attached hydrogen (secondary N) is 1. The Balaban J connectivity index is 1.94.